The zero-order valence-electron chi connectivity index (χ0n) is 17.4. The first kappa shape index (κ1) is 20.4. The molecule has 1 fully saturated rings. The van der Waals surface area contributed by atoms with Gasteiger partial charge in [-0.2, -0.15) is 0 Å². The lowest BCUT2D eigenvalue weighted by Gasteiger charge is -2.35. The van der Waals surface area contributed by atoms with Gasteiger partial charge in [-0.1, -0.05) is 69.3 Å². The molecule has 1 aliphatic rings. The number of anilines is 1. The second-order valence-corrected chi connectivity index (χ2v) is 8.64. The molecule has 28 heavy (non-hydrogen) atoms. The maximum atomic E-state index is 12.7. The van der Waals surface area contributed by atoms with Crippen molar-refractivity contribution in [2.45, 2.75) is 39.0 Å². The van der Waals surface area contributed by atoms with E-state index in [1.165, 1.54) is 11.1 Å². The molecule has 150 valence electrons. The fourth-order valence-electron chi connectivity index (χ4n) is 3.77. The number of hydrogen-bond donors (Lipinski definition) is 1. The van der Waals surface area contributed by atoms with Crippen LogP contribution in [0.5, 0.6) is 0 Å². The van der Waals surface area contributed by atoms with Crippen LogP contribution in [-0.4, -0.2) is 48.6 Å². The van der Waals surface area contributed by atoms with Crippen molar-refractivity contribution in [3.05, 3.63) is 65.7 Å². The third kappa shape index (κ3) is 5.59. The Morgan fingerprint density at radius 3 is 2.25 bits per heavy atom. The molecule has 0 saturated carbocycles. The maximum absolute atomic E-state index is 12.7. The third-order valence-electron chi connectivity index (χ3n) is 5.42. The molecule has 1 heterocycles. The molecule has 1 aliphatic heterocycles. The Balaban J connectivity index is 1.45. The van der Waals surface area contributed by atoms with Gasteiger partial charge in [-0.15, -0.1) is 0 Å². The van der Waals surface area contributed by atoms with Gasteiger partial charge >= 0.3 is 6.03 Å². The summed E-state index contributed by atoms with van der Waals surface area (Å²) in [6.07, 6.45) is 2.28. The van der Waals surface area contributed by atoms with Crippen LogP contribution < -0.4 is 5.32 Å². The number of carbonyl (C=O) groups is 1. The molecule has 2 aromatic rings. The monoisotopic (exact) mass is 379 g/mol. The van der Waals surface area contributed by atoms with E-state index in [1.54, 1.807) is 0 Å². The minimum atomic E-state index is 0.00131. The predicted octanol–water partition coefficient (Wildman–Crippen LogP) is 4.77. The number of aryl methyl sites for hydroxylation is 1. The molecule has 2 amide bonds. The SMILES string of the molecule is CC(C)(C)c1ccccc1NC(=O)N1CCN(CCCc2ccccc2)CC1. The minimum absolute atomic E-state index is 0.00131. The van der Waals surface area contributed by atoms with Crippen LogP contribution in [0.4, 0.5) is 10.5 Å². The number of urea groups is 1. The molecule has 0 spiro atoms. The lowest BCUT2D eigenvalue weighted by atomic mass is 9.86. The van der Waals surface area contributed by atoms with Crippen LogP contribution in [0.3, 0.4) is 0 Å². The Hall–Kier alpha value is -2.33. The second kappa shape index (κ2) is 9.24. The molecule has 4 heteroatoms. The first-order valence-corrected chi connectivity index (χ1v) is 10.4. The van der Waals surface area contributed by atoms with Crippen molar-refractivity contribution in [3.63, 3.8) is 0 Å². The predicted molar refractivity (Wildman–Crippen MR) is 117 cm³/mol. The molecule has 0 aliphatic carbocycles. The highest BCUT2D eigenvalue weighted by Crippen LogP contribution is 2.29. The van der Waals surface area contributed by atoms with E-state index in [0.29, 0.717) is 0 Å². The molecular formula is C24H33N3O. The van der Waals surface area contributed by atoms with Crippen molar-refractivity contribution in [1.29, 1.82) is 0 Å². The van der Waals surface area contributed by atoms with Crippen LogP contribution in [0, 0.1) is 0 Å². The van der Waals surface area contributed by atoms with Crippen LogP contribution in [0.2, 0.25) is 0 Å². The fourth-order valence-corrected chi connectivity index (χ4v) is 3.77. The van der Waals surface area contributed by atoms with Crippen molar-refractivity contribution in [3.8, 4) is 0 Å². The van der Waals surface area contributed by atoms with Crippen LogP contribution >= 0.6 is 0 Å². The first-order valence-electron chi connectivity index (χ1n) is 10.4. The summed E-state index contributed by atoms with van der Waals surface area (Å²) in [5.41, 5.74) is 3.49. The summed E-state index contributed by atoms with van der Waals surface area (Å²) in [4.78, 5) is 17.2. The van der Waals surface area contributed by atoms with Gasteiger partial charge in [0.15, 0.2) is 0 Å². The zero-order valence-corrected chi connectivity index (χ0v) is 17.4. The highest BCUT2D eigenvalue weighted by Gasteiger charge is 2.23. The topological polar surface area (TPSA) is 35.6 Å². The summed E-state index contributed by atoms with van der Waals surface area (Å²) in [5.74, 6) is 0. The van der Waals surface area contributed by atoms with Crippen molar-refractivity contribution >= 4 is 11.7 Å². The van der Waals surface area contributed by atoms with Gasteiger partial charge in [-0.3, -0.25) is 4.90 Å². The highest BCUT2D eigenvalue weighted by atomic mass is 16.2. The summed E-state index contributed by atoms with van der Waals surface area (Å²) in [7, 11) is 0. The number of nitrogens with one attached hydrogen (secondary N) is 1. The van der Waals surface area contributed by atoms with Gasteiger partial charge in [0.1, 0.15) is 0 Å². The Morgan fingerprint density at radius 2 is 1.57 bits per heavy atom. The van der Waals surface area contributed by atoms with E-state index in [4.69, 9.17) is 0 Å². The maximum Gasteiger partial charge on any atom is 0.321 e. The Kier molecular flexibility index (Phi) is 6.74. The van der Waals surface area contributed by atoms with E-state index in [-0.39, 0.29) is 11.4 Å². The Morgan fingerprint density at radius 1 is 0.929 bits per heavy atom. The summed E-state index contributed by atoms with van der Waals surface area (Å²) >= 11 is 0. The zero-order chi connectivity index (χ0) is 20.0. The molecule has 0 bridgehead atoms. The van der Waals surface area contributed by atoms with Crippen LogP contribution in [-0.2, 0) is 11.8 Å². The quantitative estimate of drug-likeness (QED) is 0.812. The van der Waals surface area contributed by atoms with E-state index in [9.17, 15) is 4.79 Å². The molecule has 3 rings (SSSR count). The number of carbonyl (C=O) groups excluding carboxylic acids is 1. The number of rotatable bonds is 5. The smallest absolute Gasteiger partial charge is 0.321 e. The van der Waals surface area contributed by atoms with Gasteiger partial charge in [-0.05, 0) is 42.0 Å². The number of nitrogens with zero attached hydrogens (tertiary/aromatic N) is 2. The Labute approximate surface area is 169 Å². The molecule has 0 aromatic heterocycles. The van der Waals surface area contributed by atoms with E-state index in [1.807, 2.05) is 23.1 Å². The van der Waals surface area contributed by atoms with Gasteiger partial charge in [0.25, 0.3) is 0 Å². The average molecular weight is 380 g/mol. The molecule has 0 radical (unpaired) electrons. The molecule has 2 aromatic carbocycles. The van der Waals surface area contributed by atoms with Crippen LogP contribution in [0.25, 0.3) is 0 Å². The lowest BCUT2D eigenvalue weighted by Crippen LogP contribution is -2.50. The van der Waals surface area contributed by atoms with Gasteiger partial charge in [0, 0.05) is 31.9 Å². The second-order valence-electron chi connectivity index (χ2n) is 8.64. The van der Waals surface area contributed by atoms with Crippen molar-refractivity contribution in [2.24, 2.45) is 0 Å². The molecule has 1 saturated heterocycles. The van der Waals surface area contributed by atoms with Crippen LogP contribution in [0.15, 0.2) is 54.6 Å². The summed E-state index contributed by atoms with van der Waals surface area (Å²) in [6, 6.07) is 18.8. The average Bonchev–Trinajstić information content (AvgIpc) is 2.69. The molecular weight excluding hydrogens is 346 g/mol. The molecule has 1 N–H and O–H groups in total. The van der Waals surface area contributed by atoms with E-state index < -0.39 is 0 Å². The number of hydrogen-bond acceptors (Lipinski definition) is 2. The molecule has 0 unspecified atom stereocenters. The number of amides is 2. The Bertz CT molecular complexity index is 759. The number of piperazine rings is 1. The van der Waals surface area contributed by atoms with E-state index >= 15 is 0 Å². The van der Waals surface area contributed by atoms with Gasteiger partial charge < -0.3 is 10.2 Å². The summed E-state index contributed by atoms with van der Waals surface area (Å²) < 4.78 is 0. The van der Waals surface area contributed by atoms with Crippen molar-refractivity contribution in [1.82, 2.24) is 9.80 Å². The van der Waals surface area contributed by atoms with E-state index in [2.05, 4.69) is 67.4 Å². The number of para-hydroxylation sites is 1. The van der Waals surface area contributed by atoms with Crippen molar-refractivity contribution in [2.75, 3.05) is 38.0 Å². The standard InChI is InChI=1S/C24H33N3O/c1-24(2,3)21-13-7-8-14-22(21)25-23(28)27-18-16-26(17-19-27)15-9-12-20-10-5-4-6-11-20/h4-8,10-11,13-14H,9,12,15-19H2,1-3H3,(H,25,28). The highest BCUT2D eigenvalue weighted by molar-refractivity contribution is 5.90. The van der Waals surface area contributed by atoms with Gasteiger partial charge in [0.05, 0.1) is 0 Å². The van der Waals surface area contributed by atoms with Gasteiger partial charge in [-0.25, -0.2) is 4.79 Å². The molecule has 4 nitrogen and oxygen atoms in total. The third-order valence-corrected chi connectivity index (χ3v) is 5.42. The first-order chi connectivity index (χ1) is 13.4. The van der Waals surface area contributed by atoms with Crippen LogP contribution in [0.1, 0.15) is 38.3 Å². The fraction of sp³-hybridized carbons (Fsp3) is 0.458. The summed E-state index contributed by atoms with van der Waals surface area (Å²) in [6.45, 7) is 11.1. The lowest BCUT2D eigenvalue weighted by molar-refractivity contribution is 0.146. The summed E-state index contributed by atoms with van der Waals surface area (Å²) in [5, 5.41) is 3.13. The van der Waals surface area contributed by atoms with E-state index in [0.717, 1.165) is 51.3 Å². The number of benzene rings is 2. The minimum Gasteiger partial charge on any atom is -0.322 e. The molecule has 0 atom stereocenters. The largest absolute Gasteiger partial charge is 0.322 e. The normalized spacial score (nSPS) is 15.5. The van der Waals surface area contributed by atoms with Crippen molar-refractivity contribution < 1.29 is 4.79 Å². The van der Waals surface area contributed by atoms with Gasteiger partial charge in [0.2, 0.25) is 0 Å².